The Morgan fingerprint density at radius 2 is 1.94 bits per heavy atom. The number of carbonyl (C=O) groups is 2. The number of aromatic nitrogens is 3. The summed E-state index contributed by atoms with van der Waals surface area (Å²) in [5.74, 6) is -3.69. The molecule has 0 saturated carbocycles. The van der Waals surface area contributed by atoms with E-state index in [0.717, 1.165) is 0 Å². The normalized spacial score (nSPS) is 14.2. The minimum absolute atomic E-state index is 0.0280. The van der Waals surface area contributed by atoms with Crippen molar-refractivity contribution in [1.82, 2.24) is 20.1 Å². The van der Waals surface area contributed by atoms with E-state index in [4.69, 9.17) is 11.6 Å². The first-order chi connectivity index (χ1) is 17.0. The average molecular weight is 514 g/mol. The first-order valence-electron chi connectivity index (χ1n) is 11.0. The predicted octanol–water partition coefficient (Wildman–Crippen LogP) is 3.95. The Morgan fingerprint density at radius 1 is 1.22 bits per heavy atom. The van der Waals surface area contributed by atoms with E-state index in [-0.39, 0.29) is 45.2 Å². The van der Waals surface area contributed by atoms with Gasteiger partial charge in [0.25, 0.3) is 17.7 Å². The highest BCUT2D eigenvalue weighted by molar-refractivity contribution is 6.32. The molecule has 0 radical (unpaired) electrons. The Bertz CT molecular complexity index is 1390. The summed E-state index contributed by atoms with van der Waals surface area (Å²) >= 11 is 6.28. The van der Waals surface area contributed by atoms with Gasteiger partial charge < -0.3 is 15.5 Å². The fourth-order valence-corrected chi connectivity index (χ4v) is 3.97. The largest absolute Gasteiger partial charge is 0.350 e. The number of nitrogens with zero attached hydrogens (tertiary/aromatic N) is 5. The Morgan fingerprint density at radius 3 is 2.56 bits per heavy atom. The zero-order chi connectivity index (χ0) is 26.2. The number of aryl methyl sites for hydroxylation is 1. The molecule has 4 rings (SSSR count). The molecule has 12 heteroatoms. The lowest BCUT2D eigenvalue weighted by Gasteiger charge is -2.38. The van der Waals surface area contributed by atoms with E-state index in [1.54, 1.807) is 39.0 Å². The van der Waals surface area contributed by atoms with Crippen LogP contribution in [0, 0.1) is 18.3 Å². The fourth-order valence-electron chi connectivity index (χ4n) is 3.77. The van der Waals surface area contributed by atoms with E-state index in [0.29, 0.717) is 5.56 Å². The summed E-state index contributed by atoms with van der Waals surface area (Å²) in [7, 11) is 0. The van der Waals surface area contributed by atoms with Gasteiger partial charge in [0.2, 0.25) is 0 Å². The van der Waals surface area contributed by atoms with Crippen LogP contribution in [0.2, 0.25) is 5.02 Å². The lowest BCUT2D eigenvalue weighted by molar-refractivity contribution is -0.0267. The fraction of sp³-hybridized carbons (Fsp3) is 0.292. The minimum atomic E-state index is -2.84. The molecule has 0 atom stereocenters. The van der Waals surface area contributed by atoms with Gasteiger partial charge in [-0.2, -0.15) is 5.26 Å². The molecule has 1 aromatic carbocycles. The van der Waals surface area contributed by atoms with Gasteiger partial charge in [0.05, 0.1) is 41.0 Å². The second-order valence-electron chi connectivity index (χ2n) is 8.73. The Balaban J connectivity index is 1.76. The van der Waals surface area contributed by atoms with Crippen LogP contribution in [-0.4, -0.2) is 51.6 Å². The summed E-state index contributed by atoms with van der Waals surface area (Å²) in [5.41, 5.74) is 1.03. The molecule has 186 valence electrons. The number of nitriles is 1. The zero-order valence-corrected chi connectivity index (χ0v) is 20.4. The molecule has 1 aliphatic heterocycles. The molecule has 2 aromatic heterocycles. The van der Waals surface area contributed by atoms with Gasteiger partial charge in [-0.1, -0.05) is 11.6 Å². The molecule has 2 amide bonds. The van der Waals surface area contributed by atoms with Gasteiger partial charge in [-0.05, 0) is 50.6 Å². The number of anilines is 2. The molecule has 0 bridgehead atoms. The van der Waals surface area contributed by atoms with Gasteiger partial charge in [-0.25, -0.2) is 18.4 Å². The molecular formula is C24H22ClF2N7O2. The zero-order valence-electron chi connectivity index (χ0n) is 19.6. The summed E-state index contributed by atoms with van der Waals surface area (Å²) in [6.45, 7) is 4.16. The third-order valence-corrected chi connectivity index (χ3v) is 5.70. The smallest absolute Gasteiger partial charge is 0.282 e. The average Bonchev–Trinajstić information content (AvgIpc) is 3.23. The number of nitrogens with one attached hydrogen (secondary N) is 2. The van der Waals surface area contributed by atoms with Crippen LogP contribution >= 0.6 is 11.6 Å². The van der Waals surface area contributed by atoms with Gasteiger partial charge >= 0.3 is 0 Å². The third kappa shape index (κ3) is 4.99. The molecule has 1 saturated heterocycles. The van der Waals surface area contributed by atoms with Crippen LogP contribution in [0.3, 0.4) is 0 Å². The lowest BCUT2D eigenvalue weighted by Crippen LogP contribution is -2.56. The van der Waals surface area contributed by atoms with E-state index in [2.05, 4.69) is 20.7 Å². The number of amides is 2. The molecule has 1 fully saturated rings. The van der Waals surface area contributed by atoms with E-state index < -0.39 is 30.8 Å². The van der Waals surface area contributed by atoms with Crippen LogP contribution in [0.25, 0.3) is 5.82 Å². The van der Waals surface area contributed by atoms with Gasteiger partial charge in [-0.15, -0.1) is 5.10 Å². The van der Waals surface area contributed by atoms with Crippen LogP contribution in [0.4, 0.5) is 20.3 Å². The number of hydrogen-bond donors (Lipinski definition) is 2. The van der Waals surface area contributed by atoms with Crippen LogP contribution in [0.5, 0.6) is 0 Å². The van der Waals surface area contributed by atoms with E-state index in [1.807, 2.05) is 6.07 Å². The summed E-state index contributed by atoms with van der Waals surface area (Å²) in [4.78, 5) is 31.9. The first kappa shape index (κ1) is 25.1. The molecule has 0 spiro atoms. The van der Waals surface area contributed by atoms with Crippen molar-refractivity contribution in [3.8, 4) is 11.9 Å². The molecule has 0 aliphatic carbocycles. The summed E-state index contributed by atoms with van der Waals surface area (Å²) < 4.78 is 28.1. The van der Waals surface area contributed by atoms with Gasteiger partial charge in [0.15, 0.2) is 11.6 Å². The van der Waals surface area contributed by atoms with Crippen molar-refractivity contribution >= 4 is 34.9 Å². The van der Waals surface area contributed by atoms with Crippen LogP contribution in [0.15, 0.2) is 36.5 Å². The van der Waals surface area contributed by atoms with E-state index in [1.165, 1.54) is 27.9 Å². The number of alkyl halides is 2. The predicted molar refractivity (Wildman–Crippen MR) is 130 cm³/mol. The van der Waals surface area contributed by atoms with Crippen molar-refractivity contribution in [3.05, 3.63) is 63.9 Å². The number of pyridine rings is 1. The molecule has 0 unspecified atom stereocenters. The minimum Gasteiger partial charge on any atom is -0.350 e. The standard InChI is InChI=1S/C24H22ClF2N7O2/c1-13(2)30-22(35)16-8-15(10-28)7-14(3)20(16)31-23(36)18-9-19(33-11-24(26,27)12-33)32-34(18)21-17(25)5-4-6-29-21/h4-9,13H,11-12H2,1-3H3,(H,30,35)(H,31,36). The van der Waals surface area contributed by atoms with Crippen molar-refractivity contribution in [2.45, 2.75) is 32.7 Å². The van der Waals surface area contributed by atoms with Gasteiger partial charge in [0, 0.05) is 18.3 Å². The van der Waals surface area contributed by atoms with Crippen LogP contribution in [-0.2, 0) is 0 Å². The maximum absolute atomic E-state index is 13.5. The number of rotatable bonds is 6. The quantitative estimate of drug-likeness (QED) is 0.515. The molecule has 3 heterocycles. The molecule has 3 aromatic rings. The summed E-state index contributed by atoms with van der Waals surface area (Å²) in [6, 6.07) is 9.28. The SMILES string of the molecule is Cc1cc(C#N)cc(C(=O)NC(C)C)c1NC(=O)c1cc(N2CC(F)(F)C2)nn1-c1ncccc1Cl. The second kappa shape index (κ2) is 9.54. The number of halogens is 3. The molecule has 9 nitrogen and oxygen atoms in total. The van der Waals surface area contributed by atoms with Crippen LogP contribution < -0.4 is 15.5 Å². The number of hydrogen-bond acceptors (Lipinski definition) is 6. The highest BCUT2D eigenvalue weighted by atomic mass is 35.5. The molecule has 36 heavy (non-hydrogen) atoms. The van der Waals surface area contributed by atoms with Gasteiger partial charge in [-0.3, -0.25) is 9.59 Å². The highest BCUT2D eigenvalue weighted by Crippen LogP contribution is 2.33. The molecule has 2 N–H and O–H groups in total. The maximum atomic E-state index is 13.5. The van der Waals surface area contributed by atoms with Crippen molar-refractivity contribution < 1.29 is 18.4 Å². The van der Waals surface area contributed by atoms with Crippen molar-refractivity contribution in [1.29, 1.82) is 5.26 Å². The Kier molecular flexibility index (Phi) is 6.65. The van der Waals surface area contributed by atoms with E-state index in [9.17, 15) is 23.6 Å². The summed E-state index contributed by atoms with van der Waals surface area (Å²) in [5, 5.41) is 19.3. The highest BCUT2D eigenvalue weighted by Gasteiger charge is 2.45. The topological polar surface area (TPSA) is 116 Å². The van der Waals surface area contributed by atoms with Crippen molar-refractivity contribution in [2.24, 2.45) is 0 Å². The molecule has 1 aliphatic rings. The van der Waals surface area contributed by atoms with Crippen LogP contribution in [0.1, 0.15) is 45.8 Å². The lowest BCUT2D eigenvalue weighted by atomic mass is 10.0. The number of carbonyl (C=O) groups excluding carboxylic acids is 2. The Labute approximate surface area is 210 Å². The molecular weight excluding hydrogens is 492 g/mol. The van der Waals surface area contributed by atoms with Crippen molar-refractivity contribution in [2.75, 3.05) is 23.3 Å². The van der Waals surface area contributed by atoms with Crippen molar-refractivity contribution in [3.63, 3.8) is 0 Å². The summed E-state index contributed by atoms with van der Waals surface area (Å²) in [6.07, 6.45) is 1.46. The first-order valence-corrected chi connectivity index (χ1v) is 11.4. The monoisotopic (exact) mass is 513 g/mol. The third-order valence-electron chi connectivity index (χ3n) is 5.40. The van der Waals surface area contributed by atoms with E-state index >= 15 is 0 Å². The maximum Gasteiger partial charge on any atom is 0.282 e. The number of benzene rings is 1. The Hall–Kier alpha value is -4.04. The second-order valence-corrected chi connectivity index (χ2v) is 9.14. The van der Waals surface area contributed by atoms with Gasteiger partial charge in [0.1, 0.15) is 5.69 Å².